The fourth-order valence-corrected chi connectivity index (χ4v) is 10.4. The molecule has 87 heavy (non-hydrogen) atoms. The van der Waals surface area contributed by atoms with Crippen molar-refractivity contribution in [2.45, 2.75) is 48.0 Å². The molecule has 462 valence electrons. The van der Waals surface area contributed by atoms with E-state index >= 15 is 0 Å². The molecular weight excluding hydrogens is 1250 g/mol. The fraction of sp³-hybridized carbons (Fsp3) is 0.231. The van der Waals surface area contributed by atoms with E-state index in [2.05, 4.69) is 35.3 Å². The first-order valence-electron chi connectivity index (χ1n) is 24.3. The van der Waals surface area contributed by atoms with Gasteiger partial charge in [-0.1, -0.05) is 89.0 Å². The van der Waals surface area contributed by atoms with Gasteiger partial charge in [-0.3, -0.25) is 4.79 Å². The number of ether oxygens (including phenoxy) is 4. The summed E-state index contributed by atoms with van der Waals surface area (Å²) in [4.78, 5) is 53.6. The van der Waals surface area contributed by atoms with Crippen molar-refractivity contribution >= 4 is 83.9 Å². The number of anilines is 2. The number of esters is 1. The number of fused-ring (bicyclic) bond motifs is 1. The highest BCUT2D eigenvalue weighted by Gasteiger charge is 2.45. The van der Waals surface area contributed by atoms with Crippen molar-refractivity contribution in [2.75, 3.05) is 44.6 Å². The Labute approximate surface area is 499 Å². The van der Waals surface area contributed by atoms with E-state index in [1.165, 1.54) is 40.3 Å². The number of sulfone groups is 1. The minimum Gasteiger partial charge on any atom is -0.493 e. The smallest absolute Gasteiger partial charge is 0.418 e. The quantitative estimate of drug-likeness (QED) is 0.0343. The number of halogens is 8. The molecule has 0 atom stereocenters. The lowest BCUT2D eigenvalue weighted by Crippen LogP contribution is -2.29. The van der Waals surface area contributed by atoms with Crippen molar-refractivity contribution in [3.63, 3.8) is 0 Å². The lowest BCUT2D eigenvalue weighted by atomic mass is 9.82. The second kappa shape index (κ2) is 26.9. The highest BCUT2D eigenvalue weighted by Crippen LogP contribution is 2.42. The van der Waals surface area contributed by atoms with Gasteiger partial charge in [0.25, 0.3) is 21.7 Å². The van der Waals surface area contributed by atoms with Gasteiger partial charge in [-0.2, -0.15) is 45.9 Å². The summed E-state index contributed by atoms with van der Waals surface area (Å²) in [5, 5.41) is 30.0. The standard InChI is InChI=1S/C18H17NO3.C14H13F3N6O5S.C14H13F3N2O4S.C6H4Cl2N2O2/c1-2-21-17(20)16-13-18(22-19-16,14-9-5-3-6-10-14)15-11-7-4-8-12-15;1-26-8-6-9(27-2)23-13(19-8)20-12(21-23)22-29(24,25)10-7(14(15,16)17)4-5-18-11(10)28-3;1-7-11(13(21)19(2)18-7)12(20)9-5-4-8(14(15,16)17)6-10(9)24(3,22)23;7-3-1-2(9)4(8)5(10-3)6(11)12/h3-12H,2,13H2,1H3;4-6H,1-3H3,(H,21,22);4-6,21H,1-3H3;1H,(H2,9,10)(H,11,12). The Kier molecular flexibility index (Phi) is 20.7. The first-order valence-corrected chi connectivity index (χ1v) is 28.4. The van der Waals surface area contributed by atoms with Gasteiger partial charge in [-0.25, -0.2) is 45.8 Å². The number of nitrogen functional groups attached to an aromatic ring is 1. The number of methoxy groups -OCH3 is 3. The number of carboxylic acids is 1. The lowest BCUT2D eigenvalue weighted by molar-refractivity contribution is -0.140. The number of benzene rings is 3. The number of aromatic hydroxyl groups is 1. The number of ketones is 1. The summed E-state index contributed by atoms with van der Waals surface area (Å²) < 4.78 is 151. The fourth-order valence-electron chi connectivity index (χ4n) is 7.89. The molecule has 1 aliphatic rings. The van der Waals surface area contributed by atoms with Gasteiger partial charge in [0.05, 0.1) is 72.8 Å². The number of hydrogen-bond acceptors (Lipinski definition) is 21. The van der Waals surface area contributed by atoms with Gasteiger partial charge in [0.2, 0.25) is 29.3 Å². The van der Waals surface area contributed by atoms with Crippen LogP contribution in [0.2, 0.25) is 10.2 Å². The van der Waals surface area contributed by atoms with Gasteiger partial charge in [-0.15, -0.1) is 5.10 Å². The molecule has 0 unspecified atom stereocenters. The highest BCUT2D eigenvalue weighted by atomic mass is 35.5. The maximum Gasteiger partial charge on any atom is 0.418 e. The van der Waals surface area contributed by atoms with Gasteiger partial charge in [0, 0.05) is 36.2 Å². The third kappa shape index (κ3) is 15.4. The first kappa shape index (κ1) is 66.8. The Hall–Kier alpha value is -9.34. The molecule has 25 nitrogen and oxygen atoms in total. The van der Waals surface area contributed by atoms with Gasteiger partial charge in [-0.05, 0) is 44.2 Å². The Morgan fingerprint density at radius 3 is 1.97 bits per heavy atom. The van der Waals surface area contributed by atoms with Crippen LogP contribution in [0.1, 0.15) is 67.7 Å². The predicted octanol–water partition coefficient (Wildman–Crippen LogP) is 8.39. The summed E-state index contributed by atoms with van der Waals surface area (Å²) >= 11 is 11.0. The molecule has 0 radical (unpaired) electrons. The number of hydrogen-bond donors (Lipinski definition) is 4. The van der Waals surface area contributed by atoms with Crippen LogP contribution in [0.15, 0.2) is 118 Å². The van der Waals surface area contributed by atoms with Crippen LogP contribution in [0, 0.1) is 6.92 Å². The molecule has 9 rings (SSSR count). The van der Waals surface area contributed by atoms with Crippen LogP contribution in [0.25, 0.3) is 5.78 Å². The molecule has 5 aromatic heterocycles. The summed E-state index contributed by atoms with van der Waals surface area (Å²) in [6.45, 7) is 3.51. The molecule has 8 aromatic rings. The van der Waals surface area contributed by atoms with E-state index in [-0.39, 0.29) is 50.4 Å². The van der Waals surface area contributed by atoms with Crippen molar-refractivity contribution in [2.24, 2.45) is 12.2 Å². The van der Waals surface area contributed by atoms with Crippen molar-refractivity contribution < 1.29 is 91.6 Å². The van der Waals surface area contributed by atoms with Gasteiger partial charge in [0.15, 0.2) is 31.7 Å². The molecule has 0 saturated heterocycles. The molecular formula is C52H47Cl2F6N11O14S2. The minimum absolute atomic E-state index is 0.00861. The van der Waals surface area contributed by atoms with Crippen LogP contribution in [0.3, 0.4) is 0 Å². The monoisotopic (exact) mass is 1300 g/mol. The maximum absolute atomic E-state index is 13.3. The third-order valence-corrected chi connectivity index (χ3v) is 14.9. The van der Waals surface area contributed by atoms with Gasteiger partial charge in [0.1, 0.15) is 10.7 Å². The average molecular weight is 1300 g/mol. The zero-order valence-electron chi connectivity index (χ0n) is 46.0. The summed E-state index contributed by atoms with van der Waals surface area (Å²) in [5.74, 6) is -4.32. The predicted molar refractivity (Wildman–Crippen MR) is 297 cm³/mol. The number of nitrogens with two attached hydrogens (primary N) is 1. The number of oxime groups is 1. The molecule has 0 saturated carbocycles. The van der Waals surface area contributed by atoms with Crippen LogP contribution in [0.5, 0.6) is 23.5 Å². The molecule has 1 aliphatic heterocycles. The van der Waals surface area contributed by atoms with E-state index in [9.17, 15) is 62.7 Å². The van der Waals surface area contributed by atoms with Crippen molar-refractivity contribution in [3.8, 4) is 23.5 Å². The maximum atomic E-state index is 13.3. The number of sulfonamides is 1. The molecule has 6 heterocycles. The van der Waals surface area contributed by atoms with Crippen LogP contribution in [-0.2, 0) is 59.2 Å². The van der Waals surface area contributed by atoms with Crippen LogP contribution in [0.4, 0.5) is 38.0 Å². The zero-order chi connectivity index (χ0) is 64.6. The average Bonchev–Trinajstić information content (AvgIpc) is 1.85. The number of aryl methyl sites for hydroxylation is 2. The molecule has 0 amide bonds. The van der Waals surface area contributed by atoms with E-state index in [1.807, 2.05) is 65.4 Å². The number of aromatic carboxylic acids is 1. The number of rotatable bonds is 14. The molecule has 0 aliphatic carbocycles. The van der Waals surface area contributed by atoms with E-state index in [1.54, 1.807) is 6.92 Å². The molecule has 3 aromatic carbocycles. The zero-order valence-corrected chi connectivity index (χ0v) is 49.1. The summed E-state index contributed by atoms with van der Waals surface area (Å²) in [6, 6.07) is 24.6. The largest absolute Gasteiger partial charge is 0.493 e. The second-order valence-electron chi connectivity index (χ2n) is 17.6. The normalized spacial score (nSPS) is 12.8. The first-order chi connectivity index (χ1) is 40.7. The van der Waals surface area contributed by atoms with Crippen LogP contribution >= 0.6 is 23.2 Å². The Balaban J connectivity index is 0.000000192. The van der Waals surface area contributed by atoms with Crippen LogP contribution in [-0.4, -0.2) is 124 Å². The molecule has 35 heteroatoms. The number of alkyl halides is 6. The summed E-state index contributed by atoms with van der Waals surface area (Å²) in [7, 11) is -3.96. The summed E-state index contributed by atoms with van der Waals surface area (Å²) in [5.41, 5.74) is 3.33. The van der Waals surface area contributed by atoms with E-state index in [0.29, 0.717) is 43.2 Å². The number of nitrogens with zero attached hydrogens (tertiary/aromatic N) is 9. The number of carboxylic acid groups (broad SMARTS) is 1. The number of pyridine rings is 2. The number of nitrogens with one attached hydrogen (secondary N) is 1. The summed E-state index contributed by atoms with van der Waals surface area (Å²) in [6.07, 6.45) is -7.89. The highest BCUT2D eigenvalue weighted by molar-refractivity contribution is 7.93. The van der Waals surface area contributed by atoms with E-state index in [4.69, 9.17) is 57.8 Å². The van der Waals surface area contributed by atoms with E-state index < -0.39 is 99.7 Å². The molecule has 0 fully saturated rings. The Morgan fingerprint density at radius 2 is 1.46 bits per heavy atom. The molecule has 5 N–H and O–H groups in total. The van der Waals surface area contributed by atoms with Crippen LogP contribution < -0.4 is 24.7 Å². The number of carbonyl (C=O) groups excluding carboxylic acids is 2. The van der Waals surface area contributed by atoms with Crippen molar-refractivity contribution in [3.05, 3.63) is 158 Å². The van der Waals surface area contributed by atoms with E-state index in [0.717, 1.165) is 39.7 Å². The third-order valence-electron chi connectivity index (χ3n) is 11.8. The second-order valence-corrected chi connectivity index (χ2v) is 22.0. The Bertz CT molecular complexity index is 4100. The molecule has 0 spiro atoms. The topological polar surface area (TPSA) is 343 Å². The molecule has 0 bridgehead atoms. The number of carbonyl (C=O) groups is 3. The SMILES string of the molecule is CCOC(=O)C1=NOC(c2ccccc2)(c2ccccc2)C1.COc1cc(OC)n2nc(NS(=O)(=O)c3c(C(F)(F)F)ccnc3OC)nc2n1.Cc1nn(C)c(O)c1C(=O)c1ccc(C(F)(F)F)cc1S(C)(=O)=O.Nc1cc(Cl)nc(C(=O)O)c1Cl. The Morgan fingerprint density at radius 1 is 0.839 bits per heavy atom. The van der Waals surface area contributed by atoms with Gasteiger partial charge >= 0.3 is 24.3 Å². The lowest BCUT2D eigenvalue weighted by Gasteiger charge is -2.27. The number of aromatic nitrogens is 8. The van der Waals surface area contributed by atoms with Crippen molar-refractivity contribution in [1.82, 2.24) is 39.3 Å². The minimum atomic E-state index is -4.98. The van der Waals surface area contributed by atoms with Gasteiger partial charge < -0.3 is 39.7 Å². The van der Waals surface area contributed by atoms with Crippen molar-refractivity contribution in [1.29, 1.82) is 0 Å².